The van der Waals surface area contributed by atoms with E-state index in [9.17, 15) is 8.78 Å². The zero-order valence-electron chi connectivity index (χ0n) is 14.4. The van der Waals surface area contributed by atoms with Crippen molar-refractivity contribution in [2.24, 2.45) is 11.8 Å². The molecule has 3 rings (SSSR count). The average molecular weight is 328 g/mol. The van der Waals surface area contributed by atoms with E-state index in [-0.39, 0.29) is 0 Å². The third-order valence-corrected chi connectivity index (χ3v) is 5.54. The van der Waals surface area contributed by atoms with E-state index in [1.807, 2.05) is 6.08 Å². The summed E-state index contributed by atoms with van der Waals surface area (Å²) in [5, 5.41) is 0. The van der Waals surface area contributed by atoms with E-state index < -0.39 is 11.6 Å². The van der Waals surface area contributed by atoms with Crippen LogP contribution in [0.5, 0.6) is 0 Å². The maximum absolute atomic E-state index is 13.4. The van der Waals surface area contributed by atoms with Crippen LogP contribution in [-0.4, -0.2) is 0 Å². The molecular weight excluding hydrogens is 302 g/mol. The van der Waals surface area contributed by atoms with Crippen molar-refractivity contribution >= 4 is 5.57 Å². The number of hydrogen-bond donors (Lipinski definition) is 0. The maximum atomic E-state index is 13.4. The van der Waals surface area contributed by atoms with Gasteiger partial charge < -0.3 is 0 Å². The fraction of sp³-hybridized carbons (Fsp3) is 0.455. The molecule has 0 bridgehead atoms. The number of rotatable bonds is 4. The second-order valence-corrected chi connectivity index (χ2v) is 7.14. The molecule has 128 valence electrons. The SMILES string of the molecule is CCC1CCC(CC=C2C=CC(c3ccc(F)c(F)c3)=CC2)CC1. The van der Waals surface area contributed by atoms with Crippen molar-refractivity contribution in [1.82, 2.24) is 0 Å². The molecule has 2 heteroatoms. The molecule has 1 saturated carbocycles. The zero-order chi connectivity index (χ0) is 16.9. The van der Waals surface area contributed by atoms with Crippen molar-refractivity contribution in [1.29, 1.82) is 0 Å². The Hall–Kier alpha value is -1.70. The Morgan fingerprint density at radius 1 is 1.00 bits per heavy atom. The van der Waals surface area contributed by atoms with Gasteiger partial charge in [-0.1, -0.05) is 56.6 Å². The Kier molecular flexibility index (Phi) is 5.65. The maximum Gasteiger partial charge on any atom is 0.159 e. The van der Waals surface area contributed by atoms with Crippen LogP contribution in [0.15, 0.2) is 48.1 Å². The monoisotopic (exact) mass is 328 g/mol. The predicted octanol–water partition coefficient (Wildman–Crippen LogP) is 6.84. The van der Waals surface area contributed by atoms with Gasteiger partial charge in [-0.3, -0.25) is 0 Å². The predicted molar refractivity (Wildman–Crippen MR) is 96.5 cm³/mol. The lowest BCUT2D eigenvalue weighted by Gasteiger charge is -2.27. The van der Waals surface area contributed by atoms with Gasteiger partial charge in [0.1, 0.15) is 0 Å². The Bertz CT molecular complexity index is 659. The van der Waals surface area contributed by atoms with E-state index in [2.05, 4.69) is 25.2 Å². The molecule has 0 N–H and O–H groups in total. The minimum atomic E-state index is -0.794. The smallest absolute Gasteiger partial charge is 0.159 e. The molecule has 2 aliphatic rings. The molecule has 0 nitrogen and oxygen atoms in total. The largest absolute Gasteiger partial charge is 0.204 e. The summed E-state index contributed by atoms with van der Waals surface area (Å²) >= 11 is 0. The van der Waals surface area contributed by atoms with Crippen LogP contribution in [0, 0.1) is 23.5 Å². The molecule has 0 spiro atoms. The molecule has 24 heavy (non-hydrogen) atoms. The Labute approximate surface area is 144 Å². The van der Waals surface area contributed by atoms with Crippen LogP contribution in [0.25, 0.3) is 5.57 Å². The van der Waals surface area contributed by atoms with Gasteiger partial charge in [0.05, 0.1) is 0 Å². The summed E-state index contributed by atoms with van der Waals surface area (Å²) in [6, 6.07) is 4.10. The van der Waals surface area contributed by atoms with Crippen molar-refractivity contribution in [2.45, 2.75) is 51.9 Å². The third-order valence-electron chi connectivity index (χ3n) is 5.54. The van der Waals surface area contributed by atoms with Gasteiger partial charge in [-0.25, -0.2) is 8.78 Å². The van der Waals surface area contributed by atoms with Crippen LogP contribution in [0.1, 0.15) is 57.4 Å². The summed E-state index contributed by atoms with van der Waals surface area (Å²) in [6.45, 7) is 2.30. The van der Waals surface area contributed by atoms with Gasteiger partial charge in [0.2, 0.25) is 0 Å². The molecule has 2 aliphatic carbocycles. The van der Waals surface area contributed by atoms with Crippen molar-refractivity contribution in [3.63, 3.8) is 0 Å². The first-order valence-corrected chi connectivity index (χ1v) is 9.18. The summed E-state index contributed by atoms with van der Waals surface area (Å²) in [5.41, 5.74) is 3.04. The quantitative estimate of drug-likeness (QED) is 0.567. The van der Waals surface area contributed by atoms with Crippen LogP contribution in [-0.2, 0) is 0 Å². The highest BCUT2D eigenvalue weighted by atomic mass is 19.2. The first kappa shape index (κ1) is 17.1. The minimum Gasteiger partial charge on any atom is -0.204 e. The molecule has 0 heterocycles. The van der Waals surface area contributed by atoms with Crippen LogP contribution in [0.2, 0.25) is 0 Å². The lowest BCUT2D eigenvalue weighted by Crippen LogP contribution is -2.13. The van der Waals surface area contributed by atoms with Gasteiger partial charge in [0.25, 0.3) is 0 Å². The molecule has 0 aromatic heterocycles. The highest BCUT2D eigenvalue weighted by Gasteiger charge is 2.19. The van der Waals surface area contributed by atoms with E-state index >= 15 is 0 Å². The highest BCUT2D eigenvalue weighted by Crippen LogP contribution is 2.33. The molecule has 1 aromatic rings. The van der Waals surface area contributed by atoms with Gasteiger partial charge in [0.15, 0.2) is 11.6 Å². The van der Waals surface area contributed by atoms with E-state index in [0.29, 0.717) is 0 Å². The van der Waals surface area contributed by atoms with Crippen molar-refractivity contribution < 1.29 is 8.78 Å². The molecule has 1 aromatic carbocycles. The number of allylic oxidation sites excluding steroid dienone is 6. The van der Waals surface area contributed by atoms with Gasteiger partial charge in [-0.05, 0) is 66.4 Å². The standard InChI is InChI=1S/C22H26F2/c1-2-16-3-5-17(6-4-16)7-8-18-9-11-19(12-10-18)20-13-14-21(23)22(24)15-20/h8-9,11-17H,2-7,10H2,1H3. The first-order chi connectivity index (χ1) is 11.7. The average Bonchev–Trinajstić information content (AvgIpc) is 2.63. The second-order valence-electron chi connectivity index (χ2n) is 7.14. The summed E-state index contributed by atoms with van der Waals surface area (Å²) in [6.07, 6.45) is 17.5. The molecule has 0 unspecified atom stereocenters. The molecule has 1 fully saturated rings. The van der Waals surface area contributed by atoms with E-state index in [0.717, 1.165) is 29.4 Å². The first-order valence-electron chi connectivity index (χ1n) is 9.18. The lowest BCUT2D eigenvalue weighted by molar-refractivity contribution is 0.270. The zero-order valence-corrected chi connectivity index (χ0v) is 14.4. The van der Waals surface area contributed by atoms with Crippen LogP contribution in [0.3, 0.4) is 0 Å². The molecule has 0 atom stereocenters. The molecule has 0 radical (unpaired) electrons. The van der Waals surface area contributed by atoms with Crippen molar-refractivity contribution in [2.75, 3.05) is 0 Å². The Morgan fingerprint density at radius 2 is 1.75 bits per heavy atom. The van der Waals surface area contributed by atoms with Crippen molar-refractivity contribution in [3.8, 4) is 0 Å². The summed E-state index contributed by atoms with van der Waals surface area (Å²) < 4.78 is 26.4. The van der Waals surface area contributed by atoms with Crippen LogP contribution in [0.4, 0.5) is 8.78 Å². The Balaban J connectivity index is 1.55. The van der Waals surface area contributed by atoms with Gasteiger partial charge in [-0.2, -0.15) is 0 Å². The minimum absolute atomic E-state index is 0.738. The lowest BCUT2D eigenvalue weighted by atomic mass is 9.79. The molecule has 0 amide bonds. The number of benzene rings is 1. The van der Waals surface area contributed by atoms with Gasteiger partial charge in [-0.15, -0.1) is 0 Å². The second kappa shape index (κ2) is 7.92. The van der Waals surface area contributed by atoms with Crippen molar-refractivity contribution in [3.05, 3.63) is 65.3 Å². The fourth-order valence-electron chi connectivity index (χ4n) is 3.80. The van der Waals surface area contributed by atoms with E-state index in [1.165, 1.54) is 56.2 Å². The van der Waals surface area contributed by atoms with Gasteiger partial charge >= 0.3 is 0 Å². The Morgan fingerprint density at radius 3 is 2.38 bits per heavy atom. The summed E-state index contributed by atoms with van der Waals surface area (Å²) in [5.74, 6) is 0.207. The van der Waals surface area contributed by atoms with E-state index in [4.69, 9.17) is 0 Å². The molecular formula is C22H26F2. The normalized spacial score (nSPS) is 25.8. The van der Waals surface area contributed by atoms with Gasteiger partial charge in [0, 0.05) is 0 Å². The topological polar surface area (TPSA) is 0 Å². The number of halogens is 2. The molecule has 0 aliphatic heterocycles. The fourth-order valence-corrected chi connectivity index (χ4v) is 3.80. The number of hydrogen-bond acceptors (Lipinski definition) is 0. The van der Waals surface area contributed by atoms with Crippen LogP contribution >= 0.6 is 0 Å². The summed E-state index contributed by atoms with van der Waals surface area (Å²) in [7, 11) is 0. The van der Waals surface area contributed by atoms with Crippen LogP contribution < -0.4 is 0 Å². The molecule has 0 saturated heterocycles. The third kappa shape index (κ3) is 4.23. The summed E-state index contributed by atoms with van der Waals surface area (Å²) in [4.78, 5) is 0. The van der Waals surface area contributed by atoms with E-state index in [1.54, 1.807) is 6.07 Å². The highest BCUT2D eigenvalue weighted by molar-refractivity contribution is 5.76.